The van der Waals surface area contributed by atoms with Crippen LogP contribution in [0.25, 0.3) is 0 Å². The average Bonchev–Trinajstić information content (AvgIpc) is 3.25. The summed E-state index contributed by atoms with van der Waals surface area (Å²) in [6.45, 7) is 8.13. The fraction of sp³-hybridized carbons (Fsp3) is 0.538. The third-order valence-corrected chi connectivity index (χ3v) is 7.06. The van der Waals surface area contributed by atoms with Crippen LogP contribution in [0.5, 0.6) is 0 Å². The summed E-state index contributed by atoms with van der Waals surface area (Å²) in [6.07, 6.45) is 4.83. The van der Waals surface area contributed by atoms with Crippen LogP contribution in [0.1, 0.15) is 79.9 Å². The molecule has 1 aromatic carbocycles. The van der Waals surface area contributed by atoms with E-state index < -0.39 is 11.5 Å². The number of ether oxygens (including phenoxy) is 1. The van der Waals surface area contributed by atoms with Gasteiger partial charge >= 0.3 is 5.97 Å². The van der Waals surface area contributed by atoms with Crippen LogP contribution in [0.3, 0.4) is 0 Å². The Morgan fingerprint density at radius 3 is 2.59 bits per heavy atom. The summed E-state index contributed by atoms with van der Waals surface area (Å²) in [4.78, 5) is 41.4. The molecule has 1 aliphatic heterocycles. The SMILES string of the molecule is CCOC(=O)c1cc2n(n1)C[C@@](C)(C(=O)NC1CCC(C)CC1)N(c1cccc(CC)c1)C2=O. The Morgan fingerprint density at radius 1 is 1.18 bits per heavy atom. The molecular weight excluding hydrogens is 432 g/mol. The van der Waals surface area contributed by atoms with Gasteiger partial charge in [-0.3, -0.25) is 19.2 Å². The van der Waals surface area contributed by atoms with Crippen molar-refractivity contribution in [2.24, 2.45) is 5.92 Å². The van der Waals surface area contributed by atoms with Crippen molar-refractivity contribution in [3.63, 3.8) is 0 Å². The Bertz CT molecular complexity index is 1090. The number of benzene rings is 1. The second-order valence-electron chi connectivity index (χ2n) is 9.66. The van der Waals surface area contributed by atoms with Crippen LogP contribution >= 0.6 is 0 Å². The molecule has 1 N–H and O–H groups in total. The van der Waals surface area contributed by atoms with E-state index in [0.29, 0.717) is 11.6 Å². The minimum Gasteiger partial charge on any atom is -0.461 e. The highest BCUT2D eigenvalue weighted by molar-refractivity contribution is 6.12. The molecule has 1 atom stereocenters. The van der Waals surface area contributed by atoms with Gasteiger partial charge in [-0.2, -0.15) is 5.10 Å². The van der Waals surface area contributed by atoms with E-state index in [2.05, 4.69) is 17.3 Å². The van der Waals surface area contributed by atoms with Crippen LogP contribution in [0.4, 0.5) is 5.69 Å². The number of aryl methyl sites for hydroxylation is 1. The number of hydrogen-bond acceptors (Lipinski definition) is 5. The van der Waals surface area contributed by atoms with Gasteiger partial charge in [0.05, 0.1) is 13.2 Å². The first-order valence-corrected chi connectivity index (χ1v) is 12.3. The second kappa shape index (κ2) is 9.60. The molecule has 2 aromatic rings. The molecule has 4 rings (SSSR count). The molecule has 8 nitrogen and oxygen atoms in total. The number of nitrogens with one attached hydrogen (secondary N) is 1. The zero-order valence-corrected chi connectivity index (χ0v) is 20.5. The summed E-state index contributed by atoms with van der Waals surface area (Å²) in [6, 6.07) is 9.25. The Kier molecular flexibility index (Phi) is 6.77. The van der Waals surface area contributed by atoms with Crippen molar-refractivity contribution in [1.82, 2.24) is 15.1 Å². The van der Waals surface area contributed by atoms with E-state index in [9.17, 15) is 14.4 Å². The first kappa shape index (κ1) is 24.0. The molecule has 2 amide bonds. The number of carbonyl (C=O) groups excluding carboxylic acids is 3. The topological polar surface area (TPSA) is 93.5 Å². The van der Waals surface area contributed by atoms with E-state index in [1.807, 2.05) is 31.2 Å². The first-order chi connectivity index (χ1) is 16.3. The van der Waals surface area contributed by atoms with Crippen molar-refractivity contribution in [3.05, 3.63) is 47.3 Å². The highest BCUT2D eigenvalue weighted by Crippen LogP contribution is 2.34. The Morgan fingerprint density at radius 2 is 1.91 bits per heavy atom. The fourth-order valence-electron chi connectivity index (χ4n) is 4.95. The van der Waals surface area contributed by atoms with Crippen LogP contribution in [0.2, 0.25) is 0 Å². The lowest BCUT2D eigenvalue weighted by molar-refractivity contribution is -0.127. The summed E-state index contributed by atoms with van der Waals surface area (Å²) in [5.74, 6) is -0.487. The summed E-state index contributed by atoms with van der Waals surface area (Å²) < 4.78 is 6.54. The van der Waals surface area contributed by atoms with Crippen LogP contribution in [-0.2, 0) is 22.5 Å². The van der Waals surface area contributed by atoms with E-state index >= 15 is 0 Å². The lowest BCUT2D eigenvalue weighted by atomic mass is 9.86. The lowest BCUT2D eigenvalue weighted by Gasteiger charge is -2.44. The number of esters is 1. The molecule has 34 heavy (non-hydrogen) atoms. The predicted molar refractivity (Wildman–Crippen MR) is 129 cm³/mol. The molecule has 1 fully saturated rings. The summed E-state index contributed by atoms with van der Waals surface area (Å²) in [5.41, 5.74) is 0.849. The van der Waals surface area contributed by atoms with Crippen molar-refractivity contribution < 1.29 is 19.1 Å². The minimum absolute atomic E-state index is 0.0679. The smallest absolute Gasteiger partial charge is 0.358 e. The van der Waals surface area contributed by atoms with Crippen molar-refractivity contribution in [2.75, 3.05) is 11.5 Å². The highest BCUT2D eigenvalue weighted by atomic mass is 16.5. The molecule has 2 heterocycles. The van der Waals surface area contributed by atoms with E-state index in [-0.39, 0.29) is 42.4 Å². The molecular formula is C26H34N4O4. The molecule has 0 saturated heterocycles. The van der Waals surface area contributed by atoms with Crippen molar-refractivity contribution in [3.8, 4) is 0 Å². The average molecular weight is 467 g/mol. The maximum atomic E-state index is 13.8. The van der Waals surface area contributed by atoms with Crippen LogP contribution in [0.15, 0.2) is 30.3 Å². The fourth-order valence-corrected chi connectivity index (χ4v) is 4.95. The number of amides is 2. The number of nitrogens with zero attached hydrogens (tertiary/aromatic N) is 3. The van der Waals surface area contributed by atoms with Crippen LogP contribution in [0, 0.1) is 5.92 Å². The maximum absolute atomic E-state index is 13.8. The molecule has 0 unspecified atom stereocenters. The standard InChI is InChI=1S/C26H34N4O4/c1-5-18-8-7-9-20(14-18)30-23(31)22-15-21(24(32)34-6-2)28-29(22)16-26(30,4)25(33)27-19-12-10-17(3)11-13-19/h7-9,14-15,17,19H,5-6,10-13,16H2,1-4H3,(H,27,33)/t17?,19?,26-/m0/s1. The summed E-state index contributed by atoms with van der Waals surface area (Å²) >= 11 is 0. The van der Waals surface area contributed by atoms with Gasteiger partial charge in [0.1, 0.15) is 11.2 Å². The maximum Gasteiger partial charge on any atom is 0.358 e. The monoisotopic (exact) mass is 466 g/mol. The molecule has 0 radical (unpaired) electrons. The molecule has 182 valence electrons. The predicted octanol–water partition coefficient (Wildman–Crippen LogP) is 3.74. The Labute approximate surface area is 200 Å². The van der Waals surface area contributed by atoms with E-state index in [1.165, 1.54) is 10.7 Å². The van der Waals surface area contributed by atoms with Crippen LogP contribution < -0.4 is 10.2 Å². The molecule has 1 aromatic heterocycles. The van der Waals surface area contributed by atoms with Gasteiger partial charge < -0.3 is 10.1 Å². The van der Waals surface area contributed by atoms with Gasteiger partial charge in [0, 0.05) is 17.8 Å². The van der Waals surface area contributed by atoms with Gasteiger partial charge in [-0.05, 0) is 69.6 Å². The summed E-state index contributed by atoms with van der Waals surface area (Å²) in [7, 11) is 0. The molecule has 0 spiro atoms. The van der Waals surface area contributed by atoms with Gasteiger partial charge in [0.15, 0.2) is 5.69 Å². The van der Waals surface area contributed by atoms with E-state index in [1.54, 1.807) is 18.7 Å². The first-order valence-electron chi connectivity index (χ1n) is 12.3. The second-order valence-corrected chi connectivity index (χ2v) is 9.66. The molecule has 1 aliphatic carbocycles. The molecule has 2 aliphatic rings. The normalized spacial score (nSPS) is 24.5. The van der Waals surface area contributed by atoms with Gasteiger partial charge in [0.2, 0.25) is 5.91 Å². The quantitative estimate of drug-likeness (QED) is 0.655. The van der Waals surface area contributed by atoms with E-state index in [4.69, 9.17) is 4.74 Å². The van der Waals surface area contributed by atoms with Gasteiger partial charge in [0.25, 0.3) is 5.91 Å². The number of aromatic nitrogens is 2. The lowest BCUT2D eigenvalue weighted by Crippen LogP contribution is -2.65. The molecule has 0 bridgehead atoms. The Hall–Kier alpha value is -3.16. The largest absolute Gasteiger partial charge is 0.461 e. The van der Waals surface area contributed by atoms with Gasteiger partial charge in [-0.15, -0.1) is 0 Å². The van der Waals surface area contributed by atoms with Crippen molar-refractivity contribution >= 4 is 23.5 Å². The molecule has 8 heteroatoms. The number of hydrogen-bond donors (Lipinski definition) is 1. The van der Waals surface area contributed by atoms with Crippen molar-refractivity contribution in [2.45, 2.75) is 77.9 Å². The molecule has 1 saturated carbocycles. The zero-order valence-electron chi connectivity index (χ0n) is 20.5. The number of rotatable bonds is 6. The minimum atomic E-state index is -1.21. The van der Waals surface area contributed by atoms with Gasteiger partial charge in [-0.25, -0.2) is 4.79 Å². The highest BCUT2D eigenvalue weighted by Gasteiger charge is 2.49. The number of fused-ring (bicyclic) bond motifs is 1. The number of anilines is 1. The van der Waals surface area contributed by atoms with Crippen LogP contribution in [-0.4, -0.2) is 45.8 Å². The van der Waals surface area contributed by atoms with Crippen molar-refractivity contribution in [1.29, 1.82) is 0 Å². The Balaban J connectivity index is 1.73. The zero-order chi connectivity index (χ0) is 24.5. The number of carbonyl (C=O) groups is 3. The summed E-state index contributed by atoms with van der Waals surface area (Å²) in [5, 5.41) is 7.54. The van der Waals surface area contributed by atoms with E-state index in [0.717, 1.165) is 37.7 Å². The third-order valence-electron chi connectivity index (χ3n) is 7.06. The van der Waals surface area contributed by atoms with Gasteiger partial charge in [-0.1, -0.05) is 26.0 Å². The third kappa shape index (κ3) is 4.45.